The van der Waals surface area contributed by atoms with Gasteiger partial charge in [-0.2, -0.15) is 5.26 Å². The predicted molar refractivity (Wildman–Crippen MR) is 97.8 cm³/mol. The fourth-order valence-electron chi connectivity index (χ4n) is 2.92. The molecule has 3 rings (SSSR count). The number of nitrogens with one attached hydrogen (secondary N) is 1. The summed E-state index contributed by atoms with van der Waals surface area (Å²) in [5.41, 5.74) is 5.87. The molecule has 116 valence electrons. The van der Waals surface area contributed by atoms with Gasteiger partial charge in [-0.15, -0.1) is 11.3 Å². The number of rotatable bonds is 2. The second kappa shape index (κ2) is 6.31. The van der Waals surface area contributed by atoms with Crippen LogP contribution in [-0.4, -0.2) is 4.98 Å². The van der Waals surface area contributed by atoms with Gasteiger partial charge in [0.25, 0.3) is 0 Å². The van der Waals surface area contributed by atoms with Gasteiger partial charge >= 0.3 is 0 Å². The van der Waals surface area contributed by atoms with Gasteiger partial charge in [-0.1, -0.05) is 34.1 Å². The first-order valence-electron chi connectivity index (χ1n) is 7.28. The average Bonchev–Trinajstić information content (AvgIpc) is 2.93. The highest BCUT2D eigenvalue weighted by Crippen LogP contribution is 2.45. The van der Waals surface area contributed by atoms with Crippen molar-refractivity contribution in [2.45, 2.75) is 26.7 Å². The molecule has 23 heavy (non-hydrogen) atoms. The molecule has 0 saturated heterocycles. The molecule has 1 aliphatic heterocycles. The molecule has 0 radical (unpaired) electrons. The van der Waals surface area contributed by atoms with Crippen LogP contribution in [-0.2, 0) is 0 Å². The third kappa shape index (κ3) is 2.85. The van der Waals surface area contributed by atoms with E-state index in [4.69, 9.17) is 0 Å². The average molecular weight is 386 g/mol. The second-order valence-electron chi connectivity index (χ2n) is 5.56. The highest BCUT2D eigenvalue weighted by atomic mass is 79.9. The fraction of sp³-hybridized carbons (Fsp3) is 0.222. The number of nitriles is 1. The number of hydrogen-bond acceptors (Lipinski definition) is 4. The van der Waals surface area contributed by atoms with Crippen molar-refractivity contribution in [1.29, 1.82) is 5.26 Å². The second-order valence-corrected chi connectivity index (χ2v) is 7.28. The highest BCUT2D eigenvalue weighted by Gasteiger charge is 2.32. The zero-order valence-corrected chi connectivity index (χ0v) is 15.5. The van der Waals surface area contributed by atoms with Gasteiger partial charge in [-0.05, 0) is 32.4 Å². The van der Waals surface area contributed by atoms with Gasteiger partial charge in [-0.25, -0.2) is 4.98 Å². The van der Waals surface area contributed by atoms with E-state index in [1.165, 1.54) is 0 Å². The van der Waals surface area contributed by atoms with E-state index in [0.717, 1.165) is 43.3 Å². The molecule has 0 amide bonds. The number of hydrogen-bond donors (Lipinski definition) is 1. The summed E-state index contributed by atoms with van der Waals surface area (Å²) in [7, 11) is 0. The van der Waals surface area contributed by atoms with Gasteiger partial charge in [0.2, 0.25) is 0 Å². The Bertz CT molecular complexity index is 870. The molecule has 2 heterocycles. The number of aromatic nitrogens is 1. The summed E-state index contributed by atoms with van der Waals surface area (Å²) in [5.74, 6) is -0.109. The summed E-state index contributed by atoms with van der Waals surface area (Å²) in [6, 6.07) is 10.5. The summed E-state index contributed by atoms with van der Waals surface area (Å²) >= 11 is 5.26. The van der Waals surface area contributed by atoms with Crippen molar-refractivity contribution in [1.82, 2.24) is 10.3 Å². The minimum atomic E-state index is -0.109. The number of aryl methyl sites for hydroxylation is 1. The van der Waals surface area contributed by atoms with Crippen molar-refractivity contribution in [3.8, 4) is 6.07 Å². The van der Waals surface area contributed by atoms with Crippen LogP contribution < -0.4 is 5.32 Å². The van der Waals surface area contributed by atoms with E-state index in [0.29, 0.717) is 0 Å². The summed E-state index contributed by atoms with van der Waals surface area (Å²) in [6.45, 7) is 6.00. The van der Waals surface area contributed by atoms with Crippen LogP contribution in [0.2, 0.25) is 0 Å². The molecular formula is C18H16BrN3S. The number of nitrogens with zero attached hydrogens (tertiary/aromatic N) is 2. The third-order valence-corrected chi connectivity index (χ3v) is 5.66. The Morgan fingerprint density at radius 2 is 1.96 bits per heavy atom. The zero-order valence-electron chi connectivity index (χ0n) is 13.1. The number of thiazole rings is 1. The van der Waals surface area contributed by atoms with Gasteiger partial charge in [0.05, 0.1) is 17.6 Å². The van der Waals surface area contributed by atoms with Crippen LogP contribution in [0.15, 0.2) is 51.1 Å². The molecule has 5 heteroatoms. The molecule has 1 unspecified atom stereocenters. The van der Waals surface area contributed by atoms with E-state index in [9.17, 15) is 5.26 Å². The van der Waals surface area contributed by atoms with Crippen LogP contribution in [0, 0.1) is 18.3 Å². The molecular weight excluding hydrogens is 370 g/mol. The van der Waals surface area contributed by atoms with E-state index in [2.05, 4.69) is 38.4 Å². The summed E-state index contributed by atoms with van der Waals surface area (Å²) in [5, 5.41) is 16.1. The molecule has 0 aliphatic carbocycles. The van der Waals surface area contributed by atoms with Gasteiger partial charge in [0.1, 0.15) is 5.01 Å². The Kier molecular flexibility index (Phi) is 4.38. The van der Waals surface area contributed by atoms with Crippen molar-refractivity contribution >= 4 is 32.8 Å². The minimum Gasteiger partial charge on any atom is -0.362 e. The van der Waals surface area contributed by atoms with Crippen LogP contribution in [0.5, 0.6) is 0 Å². The number of dihydropyridines is 1. The lowest BCUT2D eigenvalue weighted by Gasteiger charge is -2.29. The van der Waals surface area contributed by atoms with Crippen molar-refractivity contribution in [3.05, 3.63) is 67.4 Å². The molecule has 0 saturated carbocycles. The molecule has 0 spiro atoms. The fourth-order valence-corrected chi connectivity index (χ4v) is 4.37. The Balaban J connectivity index is 2.25. The maximum atomic E-state index is 9.74. The normalized spacial score (nSPS) is 18.0. The van der Waals surface area contributed by atoms with Crippen molar-refractivity contribution in [2.75, 3.05) is 0 Å². The van der Waals surface area contributed by atoms with E-state index < -0.39 is 0 Å². The molecule has 2 aromatic rings. The molecule has 1 aliphatic rings. The van der Waals surface area contributed by atoms with E-state index in [1.54, 1.807) is 11.3 Å². The Labute approximate surface area is 148 Å². The highest BCUT2D eigenvalue weighted by molar-refractivity contribution is 9.10. The molecule has 0 fully saturated rings. The first kappa shape index (κ1) is 16.0. The van der Waals surface area contributed by atoms with E-state index in [-0.39, 0.29) is 5.92 Å². The molecule has 1 aromatic heterocycles. The first-order chi connectivity index (χ1) is 11.0. The Morgan fingerprint density at radius 3 is 2.57 bits per heavy atom. The molecule has 1 atom stereocenters. The number of benzene rings is 1. The summed E-state index contributed by atoms with van der Waals surface area (Å²) in [6.07, 6.45) is 0. The topological polar surface area (TPSA) is 48.7 Å². The first-order valence-corrected chi connectivity index (χ1v) is 8.95. The Morgan fingerprint density at radius 1 is 1.22 bits per heavy atom. The maximum Gasteiger partial charge on any atom is 0.122 e. The Hall–Kier alpha value is -1.90. The van der Waals surface area contributed by atoms with Crippen LogP contribution in [0.3, 0.4) is 0 Å². The van der Waals surface area contributed by atoms with Crippen LogP contribution in [0.4, 0.5) is 0 Å². The third-order valence-electron chi connectivity index (χ3n) is 3.95. The van der Waals surface area contributed by atoms with E-state index in [1.807, 2.05) is 44.4 Å². The van der Waals surface area contributed by atoms with Gasteiger partial charge in [0.15, 0.2) is 0 Å². The monoisotopic (exact) mass is 385 g/mol. The summed E-state index contributed by atoms with van der Waals surface area (Å²) < 4.78 is 1.01. The minimum absolute atomic E-state index is 0.109. The largest absolute Gasteiger partial charge is 0.362 e. The quantitative estimate of drug-likeness (QED) is 0.779. The van der Waals surface area contributed by atoms with Crippen LogP contribution in [0.1, 0.15) is 36.0 Å². The molecule has 1 aromatic carbocycles. The van der Waals surface area contributed by atoms with Gasteiger partial charge in [-0.3, -0.25) is 0 Å². The summed E-state index contributed by atoms with van der Waals surface area (Å²) in [4.78, 5) is 4.66. The molecule has 3 nitrogen and oxygen atoms in total. The van der Waals surface area contributed by atoms with E-state index >= 15 is 0 Å². The number of halogens is 1. The number of allylic oxidation sites excluding steroid dienone is 4. The lowest BCUT2D eigenvalue weighted by atomic mass is 9.81. The molecule has 1 N–H and O–H groups in total. The lowest BCUT2D eigenvalue weighted by Crippen LogP contribution is -2.23. The SMILES string of the molecule is CC1=C(C#N)C(c2ccccc2Br)C(c2nc(C)cs2)=C(C)N1. The lowest BCUT2D eigenvalue weighted by molar-refractivity contribution is 0.854. The zero-order chi connectivity index (χ0) is 16.6. The molecule has 0 bridgehead atoms. The van der Waals surface area contributed by atoms with Gasteiger partial charge in [0, 0.05) is 32.5 Å². The predicted octanol–water partition coefficient (Wildman–Crippen LogP) is 5.13. The van der Waals surface area contributed by atoms with Crippen LogP contribution in [0.25, 0.3) is 5.57 Å². The van der Waals surface area contributed by atoms with Crippen molar-refractivity contribution in [3.63, 3.8) is 0 Å². The smallest absolute Gasteiger partial charge is 0.122 e. The standard InChI is InChI=1S/C18H16BrN3S/c1-10-9-23-18(21-10)16-12(3)22-11(2)14(8-20)17(16)13-6-4-5-7-15(13)19/h4-7,9,17,22H,1-3H3. The maximum absolute atomic E-state index is 9.74. The van der Waals surface area contributed by atoms with Crippen molar-refractivity contribution < 1.29 is 0 Å². The van der Waals surface area contributed by atoms with Crippen LogP contribution >= 0.6 is 27.3 Å². The van der Waals surface area contributed by atoms with Gasteiger partial charge < -0.3 is 5.32 Å². The van der Waals surface area contributed by atoms with Crippen molar-refractivity contribution in [2.24, 2.45) is 0 Å².